The zero-order valence-corrected chi connectivity index (χ0v) is 30.7. The third-order valence-electron chi connectivity index (χ3n) is 10.9. The van der Waals surface area contributed by atoms with Crippen LogP contribution >= 0.6 is 11.3 Å². The highest BCUT2D eigenvalue weighted by Gasteiger charge is 2.21. The van der Waals surface area contributed by atoms with Gasteiger partial charge in [-0.2, -0.15) is 0 Å². The molecule has 0 saturated carbocycles. The summed E-state index contributed by atoms with van der Waals surface area (Å²) in [6.45, 7) is 0. The van der Waals surface area contributed by atoms with Crippen LogP contribution in [0.3, 0.4) is 0 Å². The quantitative estimate of drug-likeness (QED) is 0.166. The van der Waals surface area contributed by atoms with Crippen molar-refractivity contribution in [1.82, 2.24) is 4.57 Å². The van der Waals surface area contributed by atoms with Gasteiger partial charge < -0.3 is 9.47 Å². The zero-order chi connectivity index (χ0) is 36.3. The Labute approximate surface area is 323 Å². The van der Waals surface area contributed by atoms with Crippen LogP contribution < -0.4 is 4.90 Å². The Bertz CT molecular complexity index is 3140. The predicted molar refractivity (Wildman–Crippen MR) is 237 cm³/mol. The van der Waals surface area contributed by atoms with Crippen LogP contribution in [0.1, 0.15) is 0 Å². The molecule has 0 atom stereocenters. The molecule has 55 heavy (non-hydrogen) atoms. The maximum absolute atomic E-state index is 2.46. The van der Waals surface area contributed by atoms with Gasteiger partial charge in [-0.25, -0.2) is 0 Å². The summed E-state index contributed by atoms with van der Waals surface area (Å²) in [6.07, 6.45) is 0. The Kier molecular flexibility index (Phi) is 7.39. The Hall–Kier alpha value is -6.94. The van der Waals surface area contributed by atoms with E-state index in [-0.39, 0.29) is 0 Å². The Morgan fingerprint density at radius 1 is 0.382 bits per heavy atom. The van der Waals surface area contributed by atoms with Gasteiger partial charge in [0.05, 0.1) is 21.4 Å². The largest absolute Gasteiger partial charge is 0.309 e. The topological polar surface area (TPSA) is 8.17 Å². The van der Waals surface area contributed by atoms with Gasteiger partial charge in [-0.3, -0.25) is 0 Å². The van der Waals surface area contributed by atoms with Crippen molar-refractivity contribution >= 4 is 81.1 Å². The second kappa shape index (κ2) is 12.9. The molecule has 2 aromatic heterocycles. The van der Waals surface area contributed by atoms with Crippen molar-refractivity contribution < 1.29 is 0 Å². The fraction of sp³-hybridized carbons (Fsp3) is 0. The first-order chi connectivity index (χ1) is 27.3. The first-order valence-corrected chi connectivity index (χ1v) is 19.6. The lowest BCUT2D eigenvalue weighted by Gasteiger charge is -2.27. The molecular weight excluding hydrogens is 685 g/mol. The van der Waals surface area contributed by atoms with E-state index < -0.39 is 0 Å². The van der Waals surface area contributed by atoms with E-state index in [4.69, 9.17) is 0 Å². The highest BCUT2D eigenvalue weighted by Crippen LogP contribution is 2.47. The van der Waals surface area contributed by atoms with Gasteiger partial charge in [-0.15, -0.1) is 11.3 Å². The first-order valence-electron chi connectivity index (χ1n) is 18.8. The third-order valence-corrected chi connectivity index (χ3v) is 12.2. The molecule has 0 radical (unpaired) electrons. The number of fused-ring (bicyclic) bond motifs is 8. The van der Waals surface area contributed by atoms with Crippen molar-refractivity contribution in [3.05, 3.63) is 206 Å². The van der Waals surface area contributed by atoms with Gasteiger partial charge in [0, 0.05) is 43.3 Å². The molecule has 0 aliphatic rings. The summed E-state index contributed by atoms with van der Waals surface area (Å²) in [6, 6.07) is 75.2. The molecule has 2 nitrogen and oxygen atoms in total. The summed E-state index contributed by atoms with van der Waals surface area (Å²) in [4.78, 5) is 2.46. The van der Waals surface area contributed by atoms with Gasteiger partial charge >= 0.3 is 0 Å². The van der Waals surface area contributed by atoms with Crippen LogP contribution in [0, 0.1) is 0 Å². The van der Waals surface area contributed by atoms with E-state index in [1.54, 1.807) is 0 Å². The Morgan fingerprint density at radius 3 is 1.75 bits per heavy atom. The van der Waals surface area contributed by atoms with Crippen LogP contribution in [0.5, 0.6) is 0 Å². The molecule has 9 aromatic carbocycles. The standard InChI is InChI=1S/C52H34N2S/c1-3-14-35(15-4-1)38-32-39(36-16-5-2-6-17-36)34-42(33-38)53(49-24-13-22-45-44-20-10-12-25-50(44)55-52(45)49)40-27-29-41(30-28-40)54-47-23-11-9-21-46(47)51-43-19-8-7-18-37(43)26-31-48(51)54/h1-34H. The number of benzene rings is 9. The summed E-state index contributed by atoms with van der Waals surface area (Å²) < 4.78 is 4.98. The normalized spacial score (nSPS) is 11.6. The minimum atomic E-state index is 1.10. The second-order valence-corrected chi connectivity index (χ2v) is 15.2. The van der Waals surface area contributed by atoms with Crippen LogP contribution in [0.25, 0.3) is 80.7 Å². The van der Waals surface area contributed by atoms with Crippen molar-refractivity contribution in [3.8, 4) is 27.9 Å². The third kappa shape index (κ3) is 5.24. The van der Waals surface area contributed by atoms with E-state index in [0.29, 0.717) is 0 Å². The summed E-state index contributed by atoms with van der Waals surface area (Å²) in [5, 5.41) is 7.67. The Balaban J connectivity index is 1.15. The van der Waals surface area contributed by atoms with Gasteiger partial charge in [-0.05, 0) is 99.8 Å². The van der Waals surface area contributed by atoms with E-state index in [2.05, 4.69) is 216 Å². The molecule has 3 heteroatoms. The number of para-hydroxylation sites is 1. The fourth-order valence-electron chi connectivity index (χ4n) is 8.44. The zero-order valence-electron chi connectivity index (χ0n) is 29.9. The summed E-state index contributed by atoms with van der Waals surface area (Å²) in [5.74, 6) is 0. The Morgan fingerprint density at radius 2 is 1.00 bits per heavy atom. The molecule has 11 aromatic rings. The van der Waals surface area contributed by atoms with E-state index in [9.17, 15) is 0 Å². The lowest BCUT2D eigenvalue weighted by molar-refractivity contribution is 1.17. The number of nitrogens with zero attached hydrogens (tertiary/aromatic N) is 2. The number of rotatable bonds is 6. The van der Waals surface area contributed by atoms with Gasteiger partial charge in [0.2, 0.25) is 0 Å². The van der Waals surface area contributed by atoms with E-state index in [0.717, 1.165) is 17.1 Å². The average molecular weight is 719 g/mol. The highest BCUT2D eigenvalue weighted by atomic mass is 32.1. The molecule has 0 fully saturated rings. The van der Waals surface area contributed by atoms with Gasteiger partial charge in [0.15, 0.2) is 0 Å². The number of hydrogen-bond donors (Lipinski definition) is 0. The maximum atomic E-state index is 2.46. The smallest absolute Gasteiger partial charge is 0.0640 e. The lowest BCUT2D eigenvalue weighted by Crippen LogP contribution is -2.11. The second-order valence-electron chi connectivity index (χ2n) is 14.1. The molecule has 0 unspecified atom stereocenters. The molecule has 258 valence electrons. The minimum Gasteiger partial charge on any atom is -0.309 e. The molecule has 0 N–H and O–H groups in total. The van der Waals surface area contributed by atoms with Crippen molar-refractivity contribution in [1.29, 1.82) is 0 Å². The molecule has 0 saturated heterocycles. The van der Waals surface area contributed by atoms with Gasteiger partial charge in [-0.1, -0.05) is 140 Å². The van der Waals surface area contributed by atoms with Crippen LogP contribution in [0.2, 0.25) is 0 Å². The fourth-order valence-corrected chi connectivity index (χ4v) is 9.64. The highest BCUT2D eigenvalue weighted by molar-refractivity contribution is 7.26. The van der Waals surface area contributed by atoms with Crippen molar-refractivity contribution in [2.24, 2.45) is 0 Å². The van der Waals surface area contributed by atoms with E-state index in [1.165, 1.54) is 80.7 Å². The van der Waals surface area contributed by atoms with E-state index >= 15 is 0 Å². The molecule has 2 heterocycles. The summed E-state index contributed by atoms with van der Waals surface area (Å²) in [7, 11) is 0. The number of hydrogen-bond acceptors (Lipinski definition) is 2. The molecule has 0 aliphatic heterocycles. The maximum Gasteiger partial charge on any atom is 0.0640 e. The number of thiophene rings is 1. The lowest BCUT2D eigenvalue weighted by atomic mass is 9.97. The molecule has 0 amide bonds. The number of aromatic nitrogens is 1. The molecule has 11 rings (SSSR count). The van der Waals surface area contributed by atoms with Crippen molar-refractivity contribution in [2.45, 2.75) is 0 Å². The van der Waals surface area contributed by atoms with Crippen LogP contribution in [-0.2, 0) is 0 Å². The van der Waals surface area contributed by atoms with Crippen LogP contribution in [0.15, 0.2) is 206 Å². The van der Waals surface area contributed by atoms with Gasteiger partial charge in [0.25, 0.3) is 0 Å². The van der Waals surface area contributed by atoms with Gasteiger partial charge in [0.1, 0.15) is 0 Å². The molecule has 0 bridgehead atoms. The molecule has 0 aliphatic carbocycles. The predicted octanol–water partition coefficient (Wildman–Crippen LogP) is 15.1. The van der Waals surface area contributed by atoms with Crippen LogP contribution in [0.4, 0.5) is 17.1 Å². The molecular formula is C52H34N2S. The van der Waals surface area contributed by atoms with Crippen molar-refractivity contribution in [3.63, 3.8) is 0 Å². The summed E-state index contributed by atoms with van der Waals surface area (Å²) in [5.41, 5.74) is 11.7. The number of anilines is 3. The average Bonchev–Trinajstić information content (AvgIpc) is 3.81. The first kappa shape index (κ1) is 31.6. The van der Waals surface area contributed by atoms with Crippen molar-refractivity contribution in [2.75, 3.05) is 4.90 Å². The SMILES string of the molecule is c1ccc(-c2cc(-c3ccccc3)cc(N(c3ccc(-n4c5ccccc5c5c6ccccc6ccc54)cc3)c3cccc4c3sc3ccccc34)c2)cc1. The van der Waals surface area contributed by atoms with E-state index in [1.807, 2.05) is 11.3 Å². The molecule has 0 spiro atoms. The minimum absolute atomic E-state index is 1.10. The van der Waals surface area contributed by atoms with Crippen LogP contribution in [-0.4, -0.2) is 4.57 Å². The monoisotopic (exact) mass is 718 g/mol. The summed E-state index contributed by atoms with van der Waals surface area (Å²) >= 11 is 1.87.